The fraction of sp³-hybridized carbons (Fsp3) is 0.182. The molecule has 17 heavy (non-hydrogen) atoms. The number of hydrogen-bond donors (Lipinski definition) is 0. The van der Waals surface area contributed by atoms with Crippen LogP contribution in [0, 0.1) is 13.8 Å². The lowest BCUT2D eigenvalue weighted by Crippen LogP contribution is -2.18. The Kier molecular flexibility index (Phi) is 2.78. The second-order valence-electron chi connectivity index (χ2n) is 3.63. The predicted octanol–water partition coefficient (Wildman–Crippen LogP) is -0.229. The van der Waals surface area contributed by atoms with Crippen LogP contribution in [0.15, 0.2) is 24.8 Å². The molecule has 0 saturated carbocycles. The van der Waals surface area contributed by atoms with Gasteiger partial charge in [-0.1, -0.05) is 6.08 Å². The standard InChI is InChI=1S/C11H12N4O2/c1-8-5-10(3-4-11(16)17)9(2)15(8)14-6-12-13-7-14/h3-7H,1-2H3,(H,16,17)/p-1/b4-3+. The van der Waals surface area contributed by atoms with E-state index >= 15 is 0 Å². The van der Waals surface area contributed by atoms with Gasteiger partial charge in [0, 0.05) is 11.4 Å². The molecule has 2 heterocycles. The fourth-order valence-corrected chi connectivity index (χ4v) is 1.76. The van der Waals surface area contributed by atoms with Crippen LogP contribution in [-0.4, -0.2) is 25.5 Å². The normalized spacial score (nSPS) is 11.2. The van der Waals surface area contributed by atoms with Gasteiger partial charge in [-0.2, -0.15) is 0 Å². The number of aliphatic carboxylic acids is 1. The molecule has 2 rings (SSSR count). The van der Waals surface area contributed by atoms with E-state index < -0.39 is 5.97 Å². The lowest BCUT2D eigenvalue weighted by molar-refractivity contribution is -0.297. The van der Waals surface area contributed by atoms with Crippen molar-refractivity contribution in [3.8, 4) is 0 Å². The van der Waals surface area contributed by atoms with Crippen LogP contribution in [0.1, 0.15) is 17.0 Å². The van der Waals surface area contributed by atoms with Gasteiger partial charge in [0.25, 0.3) is 0 Å². The van der Waals surface area contributed by atoms with Crippen LogP contribution < -0.4 is 5.11 Å². The molecule has 0 saturated heterocycles. The van der Waals surface area contributed by atoms with Crippen molar-refractivity contribution in [3.63, 3.8) is 0 Å². The first kappa shape index (κ1) is 11.1. The molecule has 0 amide bonds. The number of aromatic nitrogens is 4. The molecule has 0 bridgehead atoms. The summed E-state index contributed by atoms with van der Waals surface area (Å²) >= 11 is 0. The summed E-state index contributed by atoms with van der Waals surface area (Å²) in [5.74, 6) is -1.21. The molecule has 0 aliphatic carbocycles. The van der Waals surface area contributed by atoms with E-state index in [2.05, 4.69) is 10.2 Å². The van der Waals surface area contributed by atoms with Crippen molar-refractivity contribution in [2.75, 3.05) is 0 Å². The largest absolute Gasteiger partial charge is 0.545 e. The maximum atomic E-state index is 10.4. The highest BCUT2D eigenvalue weighted by Gasteiger charge is 2.08. The topological polar surface area (TPSA) is 75.8 Å². The first-order valence-corrected chi connectivity index (χ1v) is 5.03. The highest BCUT2D eigenvalue weighted by molar-refractivity contribution is 5.83. The summed E-state index contributed by atoms with van der Waals surface area (Å²) in [6.45, 7) is 3.81. The zero-order chi connectivity index (χ0) is 12.4. The van der Waals surface area contributed by atoms with Gasteiger partial charge in [-0.05, 0) is 31.6 Å². The number of rotatable bonds is 3. The van der Waals surface area contributed by atoms with E-state index in [4.69, 9.17) is 0 Å². The van der Waals surface area contributed by atoms with Crippen molar-refractivity contribution in [2.24, 2.45) is 0 Å². The molecule has 0 atom stereocenters. The molecule has 0 aliphatic heterocycles. The van der Waals surface area contributed by atoms with Gasteiger partial charge in [-0.25, -0.2) is 4.68 Å². The number of carbonyl (C=O) groups is 1. The van der Waals surface area contributed by atoms with E-state index in [0.717, 1.165) is 23.0 Å². The summed E-state index contributed by atoms with van der Waals surface area (Å²) in [7, 11) is 0. The zero-order valence-corrected chi connectivity index (χ0v) is 9.49. The summed E-state index contributed by atoms with van der Waals surface area (Å²) in [6, 6.07) is 1.88. The minimum absolute atomic E-state index is 0.820. The highest BCUT2D eigenvalue weighted by Crippen LogP contribution is 2.16. The summed E-state index contributed by atoms with van der Waals surface area (Å²) in [4.78, 5) is 10.4. The van der Waals surface area contributed by atoms with Crippen molar-refractivity contribution in [1.82, 2.24) is 19.5 Å². The van der Waals surface area contributed by atoms with Gasteiger partial charge in [0.2, 0.25) is 0 Å². The van der Waals surface area contributed by atoms with Crippen molar-refractivity contribution < 1.29 is 9.90 Å². The van der Waals surface area contributed by atoms with Crippen LogP contribution in [-0.2, 0) is 4.79 Å². The third kappa shape index (κ3) is 2.10. The van der Waals surface area contributed by atoms with Gasteiger partial charge in [0.1, 0.15) is 12.7 Å². The van der Waals surface area contributed by atoms with E-state index in [1.807, 2.05) is 24.6 Å². The van der Waals surface area contributed by atoms with Crippen LogP contribution in [0.4, 0.5) is 0 Å². The minimum Gasteiger partial charge on any atom is -0.545 e. The van der Waals surface area contributed by atoms with Crippen LogP contribution in [0.5, 0.6) is 0 Å². The Bertz CT molecular complexity index is 567. The molecule has 88 valence electrons. The molecule has 0 radical (unpaired) electrons. The Balaban J connectivity index is 2.46. The molecule has 0 unspecified atom stereocenters. The number of hydrogen-bond acceptors (Lipinski definition) is 4. The van der Waals surface area contributed by atoms with Crippen LogP contribution in [0.25, 0.3) is 6.08 Å². The predicted molar refractivity (Wildman–Crippen MR) is 58.8 cm³/mol. The van der Waals surface area contributed by atoms with E-state index in [-0.39, 0.29) is 0 Å². The molecule has 0 aliphatic rings. The Morgan fingerprint density at radius 2 is 2.00 bits per heavy atom. The van der Waals surface area contributed by atoms with E-state index in [9.17, 15) is 9.90 Å². The Hall–Kier alpha value is -2.37. The van der Waals surface area contributed by atoms with E-state index in [1.54, 1.807) is 17.3 Å². The Morgan fingerprint density at radius 3 is 2.59 bits per heavy atom. The number of nitrogens with zero attached hydrogens (tertiary/aromatic N) is 4. The summed E-state index contributed by atoms with van der Waals surface area (Å²) in [6.07, 6.45) is 5.68. The van der Waals surface area contributed by atoms with Crippen molar-refractivity contribution in [2.45, 2.75) is 13.8 Å². The second-order valence-corrected chi connectivity index (χ2v) is 3.63. The van der Waals surface area contributed by atoms with Crippen molar-refractivity contribution in [1.29, 1.82) is 0 Å². The van der Waals surface area contributed by atoms with E-state index in [1.165, 1.54) is 6.08 Å². The molecule has 6 nitrogen and oxygen atoms in total. The maximum Gasteiger partial charge on any atom is 0.139 e. The quantitative estimate of drug-likeness (QED) is 0.684. The fourth-order valence-electron chi connectivity index (χ4n) is 1.76. The number of aryl methyl sites for hydroxylation is 1. The lowest BCUT2D eigenvalue weighted by atomic mass is 10.2. The van der Waals surface area contributed by atoms with Crippen molar-refractivity contribution >= 4 is 12.0 Å². The first-order valence-electron chi connectivity index (χ1n) is 5.03. The summed E-state index contributed by atoms with van der Waals surface area (Å²) in [5, 5.41) is 17.8. The minimum atomic E-state index is -1.21. The SMILES string of the molecule is Cc1cc(/C=C/C(=O)[O-])c(C)n1-n1cnnc1. The first-order chi connectivity index (χ1) is 8.09. The second kappa shape index (κ2) is 4.25. The van der Waals surface area contributed by atoms with Crippen LogP contribution >= 0.6 is 0 Å². The monoisotopic (exact) mass is 231 g/mol. The molecule has 0 N–H and O–H groups in total. The Labute approximate surface area is 97.8 Å². The van der Waals surface area contributed by atoms with Gasteiger partial charge in [-0.3, -0.25) is 4.68 Å². The van der Waals surface area contributed by atoms with Crippen LogP contribution in [0.2, 0.25) is 0 Å². The number of carbonyl (C=O) groups excluding carboxylic acids is 1. The molecule has 2 aromatic heterocycles. The highest BCUT2D eigenvalue weighted by atomic mass is 16.4. The summed E-state index contributed by atoms with van der Waals surface area (Å²) in [5.41, 5.74) is 2.68. The molecule has 0 aromatic carbocycles. The van der Waals surface area contributed by atoms with Gasteiger partial charge < -0.3 is 9.90 Å². The van der Waals surface area contributed by atoms with Gasteiger partial charge in [0.05, 0.1) is 5.97 Å². The van der Waals surface area contributed by atoms with Crippen LogP contribution in [0.3, 0.4) is 0 Å². The number of carboxylic acids is 1. The maximum absolute atomic E-state index is 10.4. The van der Waals surface area contributed by atoms with Gasteiger partial charge >= 0.3 is 0 Å². The molecule has 0 spiro atoms. The lowest BCUT2D eigenvalue weighted by Gasteiger charge is -2.08. The molecule has 0 fully saturated rings. The molecular formula is C11H11N4O2-. The summed E-state index contributed by atoms with van der Waals surface area (Å²) < 4.78 is 3.61. The Morgan fingerprint density at radius 1 is 1.35 bits per heavy atom. The smallest absolute Gasteiger partial charge is 0.139 e. The van der Waals surface area contributed by atoms with Gasteiger partial charge in [0.15, 0.2) is 0 Å². The molecular weight excluding hydrogens is 220 g/mol. The molecule has 6 heteroatoms. The average molecular weight is 231 g/mol. The van der Waals surface area contributed by atoms with Crippen molar-refractivity contribution in [3.05, 3.63) is 41.7 Å². The zero-order valence-electron chi connectivity index (χ0n) is 9.49. The van der Waals surface area contributed by atoms with Gasteiger partial charge in [-0.15, -0.1) is 10.2 Å². The number of carboxylic acid groups (broad SMARTS) is 1. The average Bonchev–Trinajstić information content (AvgIpc) is 2.84. The molecule has 2 aromatic rings. The third-order valence-corrected chi connectivity index (χ3v) is 2.47. The third-order valence-electron chi connectivity index (χ3n) is 2.47. The van der Waals surface area contributed by atoms with E-state index in [0.29, 0.717) is 0 Å².